The van der Waals surface area contributed by atoms with Crippen molar-refractivity contribution in [2.24, 2.45) is 0 Å². The van der Waals surface area contributed by atoms with Crippen LogP contribution in [-0.4, -0.2) is 30.4 Å². The van der Waals surface area contributed by atoms with Gasteiger partial charge in [0.2, 0.25) is 0 Å². The molecule has 136 valence electrons. The Morgan fingerprint density at radius 2 is 1.65 bits per heavy atom. The number of para-hydroxylation sites is 1. The Kier molecular flexibility index (Phi) is 6.49. The molecule has 0 spiro atoms. The minimum atomic E-state index is -0.615. The van der Waals surface area contributed by atoms with E-state index in [4.69, 9.17) is 9.47 Å². The molecule has 0 unspecified atom stereocenters. The molecule has 26 heavy (non-hydrogen) atoms. The van der Waals surface area contributed by atoms with Crippen molar-refractivity contribution in [2.45, 2.75) is 26.9 Å². The largest absolute Gasteiger partial charge is 0.491 e. The molecule has 6 heteroatoms. The van der Waals surface area contributed by atoms with Crippen LogP contribution < -0.4 is 10.1 Å². The predicted octanol–water partition coefficient (Wildman–Crippen LogP) is 3.47. The normalized spacial score (nSPS) is 10.3. The highest BCUT2D eigenvalue weighted by Gasteiger charge is 2.13. The summed E-state index contributed by atoms with van der Waals surface area (Å²) >= 11 is 0. The Bertz CT molecular complexity index is 796. The molecule has 0 aliphatic rings. The Morgan fingerprint density at radius 3 is 2.27 bits per heavy atom. The Labute approximate surface area is 152 Å². The van der Waals surface area contributed by atoms with Crippen LogP contribution in [0.4, 0.5) is 5.69 Å². The summed E-state index contributed by atoms with van der Waals surface area (Å²) in [6.45, 7) is 4.78. The van der Waals surface area contributed by atoms with Crippen molar-refractivity contribution in [1.29, 1.82) is 0 Å². The van der Waals surface area contributed by atoms with Gasteiger partial charge in [-0.2, -0.15) is 0 Å². The number of Topliss-reactive ketones (excluding diaryl/α,β-unsaturated/α-hetero) is 1. The van der Waals surface area contributed by atoms with Crippen LogP contribution >= 0.6 is 0 Å². The summed E-state index contributed by atoms with van der Waals surface area (Å²) in [7, 11) is 0. The summed E-state index contributed by atoms with van der Waals surface area (Å²) < 4.78 is 10.5. The lowest BCUT2D eigenvalue weighted by atomic mass is 10.1. The highest BCUT2D eigenvalue weighted by atomic mass is 16.5. The topological polar surface area (TPSA) is 81.7 Å². The van der Waals surface area contributed by atoms with E-state index in [1.165, 1.54) is 6.92 Å². The van der Waals surface area contributed by atoms with E-state index in [-0.39, 0.29) is 11.9 Å². The van der Waals surface area contributed by atoms with Crippen molar-refractivity contribution < 1.29 is 23.9 Å². The number of carbonyl (C=O) groups is 3. The molecule has 2 aromatic carbocycles. The third kappa shape index (κ3) is 5.44. The average molecular weight is 355 g/mol. The predicted molar refractivity (Wildman–Crippen MR) is 97.6 cm³/mol. The number of amides is 1. The molecular weight excluding hydrogens is 334 g/mol. The fraction of sp³-hybridized carbons (Fsp3) is 0.250. The average Bonchev–Trinajstić information content (AvgIpc) is 2.60. The van der Waals surface area contributed by atoms with Gasteiger partial charge in [0.25, 0.3) is 5.91 Å². The van der Waals surface area contributed by atoms with Gasteiger partial charge in [0.15, 0.2) is 12.4 Å². The fourth-order valence-corrected chi connectivity index (χ4v) is 2.24. The highest BCUT2D eigenvalue weighted by Crippen LogP contribution is 2.16. The molecular formula is C20H21NO5. The van der Waals surface area contributed by atoms with Crippen molar-refractivity contribution in [1.82, 2.24) is 0 Å². The van der Waals surface area contributed by atoms with Crippen molar-refractivity contribution in [3.63, 3.8) is 0 Å². The maximum Gasteiger partial charge on any atom is 0.338 e. The number of hydrogen-bond donors (Lipinski definition) is 1. The molecule has 0 radical (unpaired) electrons. The summed E-state index contributed by atoms with van der Waals surface area (Å²) in [6, 6.07) is 13.1. The van der Waals surface area contributed by atoms with Crippen LogP contribution in [-0.2, 0) is 9.53 Å². The van der Waals surface area contributed by atoms with Gasteiger partial charge in [-0.25, -0.2) is 4.79 Å². The zero-order valence-electron chi connectivity index (χ0n) is 14.9. The third-order valence-corrected chi connectivity index (χ3v) is 3.38. The lowest BCUT2D eigenvalue weighted by Crippen LogP contribution is -2.22. The van der Waals surface area contributed by atoms with Gasteiger partial charge < -0.3 is 14.8 Å². The molecule has 0 fully saturated rings. The zero-order valence-corrected chi connectivity index (χ0v) is 14.9. The molecule has 0 aliphatic heterocycles. The minimum absolute atomic E-state index is 0.0365. The molecule has 0 bridgehead atoms. The van der Waals surface area contributed by atoms with E-state index >= 15 is 0 Å². The minimum Gasteiger partial charge on any atom is -0.491 e. The molecule has 2 rings (SSSR count). The first-order valence-electron chi connectivity index (χ1n) is 8.20. The standard InChI is InChI=1S/C20H21NO5/c1-13(2)26-16-10-8-15(9-11-16)20(24)25-12-19(23)21-18-7-5-4-6-17(18)14(3)22/h4-11,13H,12H2,1-3H3,(H,21,23). The second kappa shape index (κ2) is 8.80. The molecule has 1 amide bonds. The molecule has 1 N–H and O–H groups in total. The van der Waals surface area contributed by atoms with Crippen LogP contribution in [0.1, 0.15) is 41.5 Å². The lowest BCUT2D eigenvalue weighted by molar-refractivity contribution is -0.119. The Morgan fingerprint density at radius 1 is 1.00 bits per heavy atom. The van der Waals surface area contributed by atoms with Gasteiger partial charge in [-0.3, -0.25) is 9.59 Å². The summed E-state index contributed by atoms with van der Waals surface area (Å²) in [5.41, 5.74) is 1.10. The Balaban J connectivity index is 1.91. The van der Waals surface area contributed by atoms with Crippen LogP contribution in [0, 0.1) is 0 Å². The third-order valence-electron chi connectivity index (χ3n) is 3.38. The molecule has 0 aromatic heterocycles. The van der Waals surface area contributed by atoms with Gasteiger partial charge in [0.05, 0.1) is 17.4 Å². The summed E-state index contributed by atoms with van der Waals surface area (Å²) in [4.78, 5) is 35.5. The highest BCUT2D eigenvalue weighted by molar-refractivity contribution is 6.04. The summed E-state index contributed by atoms with van der Waals surface area (Å²) in [5, 5.41) is 2.57. The van der Waals surface area contributed by atoms with E-state index < -0.39 is 18.5 Å². The number of anilines is 1. The quantitative estimate of drug-likeness (QED) is 0.607. The second-order valence-corrected chi connectivity index (χ2v) is 5.92. The van der Waals surface area contributed by atoms with Gasteiger partial charge in [0.1, 0.15) is 5.75 Å². The number of nitrogens with one attached hydrogen (secondary N) is 1. The van der Waals surface area contributed by atoms with Gasteiger partial charge in [0, 0.05) is 5.56 Å². The molecule has 2 aromatic rings. The van der Waals surface area contributed by atoms with Crippen LogP contribution in [0.15, 0.2) is 48.5 Å². The smallest absolute Gasteiger partial charge is 0.338 e. The number of ketones is 1. The molecule has 0 heterocycles. The first kappa shape index (κ1) is 19.2. The molecule has 6 nitrogen and oxygen atoms in total. The summed E-state index contributed by atoms with van der Waals surface area (Å²) in [6.07, 6.45) is 0.0365. The number of benzene rings is 2. The first-order chi connectivity index (χ1) is 12.4. The first-order valence-corrected chi connectivity index (χ1v) is 8.20. The second-order valence-electron chi connectivity index (χ2n) is 5.92. The van der Waals surface area contributed by atoms with E-state index in [0.717, 1.165) is 0 Å². The molecule has 0 aliphatic carbocycles. The molecule has 0 saturated carbocycles. The molecule has 0 saturated heterocycles. The number of ether oxygens (including phenoxy) is 2. The maximum absolute atomic E-state index is 12.0. The number of carbonyl (C=O) groups excluding carboxylic acids is 3. The van der Waals surface area contributed by atoms with Gasteiger partial charge >= 0.3 is 5.97 Å². The fourth-order valence-electron chi connectivity index (χ4n) is 2.24. The summed E-state index contributed by atoms with van der Waals surface area (Å²) in [5.74, 6) is -0.653. The zero-order chi connectivity index (χ0) is 19.1. The van der Waals surface area contributed by atoms with Crippen molar-refractivity contribution >= 4 is 23.3 Å². The van der Waals surface area contributed by atoms with Gasteiger partial charge in [-0.05, 0) is 57.2 Å². The maximum atomic E-state index is 12.0. The SMILES string of the molecule is CC(=O)c1ccccc1NC(=O)COC(=O)c1ccc(OC(C)C)cc1. The number of hydrogen-bond acceptors (Lipinski definition) is 5. The van der Waals surface area contributed by atoms with Crippen molar-refractivity contribution in [2.75, 3.05) is 11.9 Å². The van der Waals surface area contributed by atoms with E-state index in [9.17, 15) is 14.4 Å². The Hall–Kier alpha value is -3.15. The van der Waals surface area contributed by atoms with Gasteiger partial charge in [-0.15, -0.1) is 0 Å². The number of esters is 1. The van der Waals surface area contributed by atoms with Crippen LogP contribution in [0.5, 0.6) is 5.75 Å². The van der Waals surface area contributed by atoms with Crippen LogP contribution in [0.3, 0.4) is 0 Å². The number of rotatable bonds is 7. The van der Waals surface area contributed by atoms with Crippen LogP contribution in [0.25, 0.3) is 0 Å². The van der Waals surface area contributed by atoms with Gasteiger partial charge in [-0.1, -0.05) is 12.1 Å². The van der Waals surface area contributed by atoms with Crippen molar-refractivity contribution in [3.05, 3.63) is 59.7 Å². The van der Waals surface area contributed by atoms with E-state index in [2.05, 4.69) is 5.32 Å². The molecule has 0 atom stereocenters. The van der Waals surface area contributed by atoms with Crippen molar-refractivity contribution in [3.8, 4) is 5.75 Å². The van der Waals surface area contributed by atoms with Crippen LogP contribution in [0.2, 0.25) is 0 Å². The van der Waals surface area contributed by atoms with E-state index in [1.54, 1.807) is 48.5 Å². The monoisotopic (exact) mass is 355 g/mol. The lowest BCUT2D eigenvalue weighted by Gasteiger charge is -2.11. The van der Waals surface area contributed by atoms with E-state index in [0.29, 0.717) is 22.6 Å². The van der Waals surface area contributed by atoms with E-state index in [1.807, 2.05) is 13.8 Å².